The smallest absolute Gasteiger partial charge is 0.122 e. The number of halogens is 1. The van der Waals surface area contributed by atoms with Gasteiger partial charge < -0.3 is 0 Å². The molecule has 0 radical (unpaired) electrons. The molecule has 4 heteroatoms. The Morgan fingerprint density at radius 3 is 1.83 bits per heavy atom. The van der Waals surface area contributed by atoms with Crippen molar-refractivity contribution in [1.29, 1.82) is 0 Å². The number of nitrogens with one attached hydrogen (secondary N) is 1. The lowest BCUT2D eigenvalue weighted by atomic mass is 9.79. The van der Waals surface area contributed by atoms with E-state index >= 15 is 0 Å². The number of nitrogens with zero attached hydrogens (tertiary/aromatic N) is 2. The Morgan fingerprint density at radius 2 is 1.23 bits per heavy atom. The summed E-state index contributed by atoms with van der Waals surface area (Å²) in [5.74, 6) is 0. The van der Waals surface area contributed by atoms with E-state index in [4.69, 9.17) is 11.6 Å². The van der Waals surface area contributed by atoms with E-state index in [1.807, 2.05) is 0 Å². The third-order valence-electron chi connectivity index (χ3n) is 5.58. The van der Waals surface area contributed by atoms with Crippen molar-refractivity contribution < 1.29 is 0 Å². The van der Waals surface area contributed by atoms with E-state index in [-0.39, 0.29) is 10.8 Å². The van der Waals surface area contributed by atoms with Gasteiger partial charge in [0.2, 0.25) is 0 Å². The molecule has 0 unspecified atom stereocenters. The minimum Gasteiger partial charge on any atom is -0.197 e. The quantitative estimate of drug-likeness (QED) is 0.366. The highest BCUT2D eigenvalue weighted by atomic mass is 35.5. The van der Waals surface area contributed by atoms with Crippen molar-refractivity contribution in [2.75, 3.05) is 0 Å². The summed E-state index contributed by atoms with van der Waals surface area (Å²) in [6.07, 6.45) is 0. The van der Waals surface area contributed by atoms with Crippen LogP contribution in [0.25, 0.3) is 33.3 Å². The van der Waals surface area contributed by atoms with Gasteiger partial charge in [0.05, 0.1) is 5.02 Å². The molecule has 1 N–H and O–H groups in total. The molecule has 4 aromatic rings. The van der Waals surface area contributed by atoms with Crippen LogP contribution in [-0.4, -0.2) is 15.4 Å². The average molecular weight is 418 g/mol. The van der Waals surface area contributed by atoms with Gasteiger partial charge in [-0.15, -0.1) is 0 Å². The highest BCUT2D eigenvalue weighted by molar-refractivity contribution is 6.38. The van der Waals surface area contributed by atoms with Crippen LogP contribution in [0.5, 0.6) is 0 Å². The summed E-state index contributed by atoms with van der Waals surface area (Å²) in [7, 11) is 0. The molecular formula is C26H28ClN3. The fourth-order valence-electron chi connectivity index (χ4n) is 4.13. The van der Waals surface area contributed by atoms with Gasteiger partial charge >= 0.3 is 0 Å². The van der Waals surface area contributed by atoms with Crippen LogP contribution in [0.3, 0.4) is 0 Å². The summed E-state index contributed by atoms with van der Waals surface area (Å²) < 4.78 is 0. The van der Waals surface area contributed by atoms with Crippen molar-refractivity contribution in [3.63, 3.8) is 0 Å². The molecular weight excluding hydrogens is 390 g/mol. The Kier molecular flexibility index (Phi) is 4.98. The largest absolute Gasteiger partial charge is 0.197 e. The topological polar surface area (TPSA) is 41.6 Å². The third-order valence-corrected chi connectivity index (χ3v) is 5.97. The molecule has 0 aliphatic carbocycles. The number of benzene rings is 3. The SMILES string of the molecule is CC(C)(C)c1ccccc1-c1cc2n[nH]nc2c(-c2ccccc2C(C)(C)C)c1Cl. The van der Waals surface area contributed by atoms with Gasteiger partial charge in [-0.3, -0.25) is 0 Å². The molecule has 1 heterocycles. The van der Waals surface area contributed by atoms with E-state index < -0.39 is 0 Å². The molecule has 0 fully saturated rings. The van der Waals surface area contributed by atoms with E-state index in [9.17, 15) is 0 Å². The first kappa shape index (κ1) is 20.6. The number of aromatic nitrogens is 3. The summed E-state index contributed by atoms with van der Waals surface area (Å²) in [6.45, 7) is 13.3. The minimum absolute atomic E-state index is 0.0117. The van der Waals surface area contributed by atoms with Crippen molar-refractivity contribution in [2.24, 2.45) is 0 Å². The number of hydrogen-bond acceptors (Lipinski definition) is 2. The molecule has 3 aromatic carbocycles. The Labute approximate surface area is 183 Å². The van der Waals surface area contributed by atoms with Crippen LogP contribution in [0.2, 0.25) is 5.02 Å². The van der Waals surface area contributed by atoms with Gasteiger partial charge in [0.15, 0.2) is 0 Å². The zero-order valence-electron chi connectivity index (χ0n) is 18.5. The zero-order valence-corrected chi connectivity index (χ0v) is 19.2. The van der Waals surface area contributed by atoms with E-state index in [0.29, 0.717) is 5.02 Å². The highest BCUT2D eigenvalue weighted by Crippen LogP contribution is 2.45. The average Bonchev–Trinajstić information content (AvgIpc) is 3.14. The standard InChI is InChI=1S/C26H28ClN3/c1-25(2,3)19-13-9-7-11-16(19)18-15-21-24(29-30-28-21)22(23(18)27)17-12-8-10-14-20(17)26(4,5)6/h7-15H,1-6H3,(H,28,29,30). The Balaban J connectivity index is 2.10. The molecule has 4 rings (SSSR count). The predicted molar refractivity (Wildman–Crippen MR) is 127 cm³/mol. The summed E-state index contributed by atoms with van der Waals surface area (Å²) in [5.41, 5.74) is 8.22. The number of aromatic amines is 1. The van der Waals surface area contributed by atoms with Crippen LogP contribution in [0.15, 0.2) is 54.6 Å². The second-order valence-electron chi connectivity index (χ2n) is 9.90. The summed E-state index contributed by atoms with van der Waals surface area (Å²) >= 11 is 7.18. The van der Waals surface area contributed by atoms with Crippen LogP contribution < -0.4 is 0 Å². The molecule has 0 aliphatic heterocycles. The number of hydrogen-bond donors (Lipinski definition) is 1. The molecule has 0 aliphatic rings. The fourth-order valence-corrected chi connectivity index (χ4v) is 4.48. The molecule has 154 valence electrons. The maximum absolute atomic E-state index is 7.18. The molecule has 0 saturated carbocycles. The minimum atomic E-state index is -0.0324. The van der Waals surface area contributed by atoms with Gasteiger partial charge in [-0.1, -0.05) is 102 Å². The summed E-state index contributed by atoms with van der Waals surface area (Å²) in [6, 6.07) is 19.0. The molecule has 0 amide bonds. The number of fused-ring (bicyclic) bond motifs is 1. The van der Waals surface area contributed by atoms with Crippen molar-refractivity contribution in [3.8, 4) is 22.3 Å². The molecule has 1 aromatic heterocycles. The molecule has 3 nitrogen and oxygen atoms in total. The van der Waals surface area contributed by atoms with E-state index in [1.54, 1.807) is 0 Å². The lowest BCUT2D eigenvalue weighted by molar-refractivity contribution is 0.592. The van der Waals surface area contributed by atoms with Gasteiger partial charge in [0.1, 0.15) is 11.0 Å². The van der Waals surface area contributed by atoms with Crippen LogP contribution in [0.4, 0.5) is 0 Å². The van der Waals surface area contributed by atoms with Crippen molar-refractivity contribution in [2.45, 2.75) is 52.4 Å². The van der Waals surface area contributed by atoms with Gasteiger partial charge in [-0.05, 0) is 39.2 Å². The normalized spacial score (nSPS) is 12.5. The molecule has 0 saturated heterocycles. The molecule has 0 spiro atoms. The van der Waals surface area contributed by atoms with Gasteiger partial charge in [-0.2, -0.15) is 15.4 Å². The van der Waals surface area contributed by atoms with Gasteiger partial charge in [-0.25, -0.2) is 0 Å². The lowest BCUT2D eigenvalue weighted by Gasteiger charge is -2.25. The second kappa shape index (κ2) is 7.24. The van der Waals surface area contributed by atoms with E-state index in [0.717, 1.165) is 33.3 Å². The maximum atomic E-state index is 7.18. The Hall–Kier alpha value is -2.65. The molecule has 0 bridgehead atoms. The monoisotopic (exact) mass is 417 g/mol. The Bertz CT molecular complexity index is 1220. The van der Waals surface area contributed by atoms with Gasteiger partial charge in [0.25, 0.3) is 0 Å². The second-order valence-corrected chi connectivity index (χ2v) is 10.3. The zero-order chi connectivity index (χ0) is 21.7. The highest BCUT2D eigenvalue weighted by Gasteiger charge is 2.26. The van der Waals surface area contributed by atoms with E-state index in [2.05, 4.69) is 112 Å². The van der Waals surface area contributed by atoms with Crippen LogP contribution >= 0.6 is 11.6 Å². The lowest BCUT2D eigenvalue weighted by Crippen LogP contribution is -2.13. The van der Waals surface area contributed by atoms with Crippen molar-refractivity contribution in [1.82, 2.24) is 15.4 Å². The van der Waals surface area contributed by atoms with E-state index in [1.165, 1.54) is 11.1 Å². The molecule has 30 heavy (non-hydrogen) atoms. The first-order valence-corrected chi connectivity index (χ1v) is 10.7. The number of H-pyrrole nitrogens is 1. The first-order chi connectivity index (χ1) is 14.1. The summed E-state index contributed by atoms with van der Waals surface area (Å²) in [4.78, 5) is 0. The van der Waals surface area contributed by atoms with Gasteiger partial charge in [0, 0.05) is 11.1 Å². The van der Waals surface area contributed by atoms with Crippen molar-refractivity contribution in [3.05, 3.63) is 70.7 Å². The molecule has 0 atom stereocenters. The van der Waals surface area contributed by atoms with Crippen LogP contribution in [0.1, 0.15) is 52.7 Å². The fraction of sp³-hybridized carbons (Fsp3) is 0.308. The number of rotatable bonds is 2. The Morgan fingerprint density at radius 1 is 0.700 bits per heavy atom. The maximum Gasteiger partial charge on any atom is 0.122 e. The van der Waals surface area contributed by atoms with Crippen LogP contribution in [-0.2, 0) is 10.8 Å². The third kappa shape index (κ3) is 3.52. The summed E-state index contributed by atoms with van der Waals surface area (Å²) in [5, 5.41) is 12.4. The first-order valence-electron chi connectivity index (χ1n) is 10.3. The van der Waals surface area contributed by atoms with Crippen molar-refractivity contribution >= 4 is 22.6 Å². The predicted octanol–water partition coefficient (Wildman–Crippen LogP) is 7.54. The van der Waals surface area contributed by atoms with Crippen LogP contribution in [0, 0.1) is 0 Å².